The van der Waals surface area contributed by atoms with Crippen LogP contribution in [0, 0.1) is 11.8 Å². The molecular weight excluding hydrogens is 220 g/mol. The minimum Gasteiger partial charge on any atom is -0.481 e. The van der Waals surface area contributed by atoms with Crippen LogP contribution in [-0.4, -0.2) is 47.6 Å². The van der Waals surface area contributed by atoms with Gasteiger partial charge in [0.2, 0.25) is 5.91 Å². The second-order valence-electron chi connectivity index (χ2n) is 5.13. The predicted octanol–water partition coefficient (Wildman–Crippen LogP) is 0.308. The molecule has 2 N–H and O–H groups in total. The number of carbonyl (C=O) groups excluding carboxylic acids is 1. The lowest BCUT2D eigenvalue weighted by molar-refractivity contribution is -0.151. The van der Waals surface area contributed by atoms with E-state index in [0.717, 1.165) is 25.8 Å². The van der Waals surface area contributed by atoms with Crippen LogP contribution >= 0.6 is 0 Å². The van der Waals surface area contributed by atoms with Crippen LogP contribution in [0.15, 0.2) is 0 Å². The van der Waals surface area contributed by atoms with E-state index in [2.05, 4.69) is 5.32 Å². The van der Waals surface area contributed by atoms with Crippen molar-refractivity contribution in [1.29, 1.82) is 0 Å². The molecule has 5 nitrogen and oxygen atoms in total. The second-order valence-corrected chi connectivity index (χ2v) is 5.13. The Hall–Kier alpha value is -1.10. The van der Waals surface area contributed by atoms with E-state index in [4.69, 9.17) is 5.11 Å². The number of rotatable bonds is 3. The first-order valence-corrected chi connectivity index (χ1v) is 6.34. The molecule has 2 heterocycles. The SMILES string of the molecule is CC(C(=O)O)C1CN(C(=O)[C@H]2CCCCN2)C1. The van der Waals surface area contributed by atoms with Crippen molar-refractivity contribution in [3.63, 3.8) is 0 Å². The molecule has 2 rings (SSSR count). The largest absolute Gasteiger partial charge is 0.481 e. The summed E-state index contributed by atoms with van der Waals surface area (Å²) in [5.74, 6) is -0.838. The average Bonchev–Trinajstić information content (AvgIpc) is 2.27. The number of nitrogens with zero attached hydrogens (tertiary/aromatic N) is 1. The van der Waals surface area contributed by atoms with Crippen molar-refractivity contribution in [2.75, 3.05) is 19.6 Å². The summed E-state index contributed by atoms with van der Waals surface area (Å²) in [5.41, 5.74) is 0. The Morgan fingerprint density at radius 3 is 2.59 bits per heavy atom. The van der Waals surface area contributed by atoms with E-state index in [0.29, 0.717) is 13.1 Å². The van der Waals surface area contributed by atoms with Crippen molar-refractivity contribution in [3.8, 4) is 0 Å². The standard InChI is InChI=1S/C12H20N2O3/c1-8(12(16)17)9-6-14(7-9)11(15)10-4-2-3-5-13-10/h8-10,13H,2-7H2,1H3,(H,16,17)/t8?,10-/m1/s1. The van der Waals surface area contributed by atoms with Gasteiger partial charge in [0.1, 0.15) is 0 Å². The summed E-state index contributed by atoms with van der Waals surface area (Å²) in [6, 6.07) is -0.0372. The van der Waals surface area contributed by atoms with E-state index in [-0.39, 0.29) is 23.8 Å². The average molecular weight is 240 g/mol. The second kappa shape index (κ2) is 5.04. The van der Waals surface area contributed by atoms with E-state index in [1.165, 1.54) is 0 Å². The van der Waals surface area contributed by atoms with Gasteiger partial charge in [-0.2, -0.15) is 0 Å². The van der Waals surface area contributed by atoms with Gasteiger partial charge in [-0.1, -0.05) is 13.3 Å². The van der Waals surface area contributed by atoms with Gasteiger partial charge in [-0.05, 0) is 19.4 Å². The fourth-order valence-electron chi connectivity index (χ4n) is 2.49. The number of carboxylic acids is 1. The fourth-order valence-corrected chi connectivity index (χ4v) is 2.49. The lowest BCUT2D eigenvalue weighted by Crippen LogP contribution is -2.59. The monoisotopic (exact) mass is 240 g/mol. The summed E-state index contributed by atoms with van der Waals surface area (Å²) in [7, 11) is 0. The topological polar surface area (TPSA) is 69.6 Å². The molecule has 2 fully saturated rings. The number of carbonyl (C=O) groups is 2. The van der Waals surface area contributed by atoms with Crippen LogP contribution in [0.4, 0.5) is 0 Å². The summed E-state index contributed by atoms with van der Waals surface area (Å²) in [6.45, 7) is 3.84. The van der Waals surface area contributed by atoms with E-state index >= 15 is 0 Å². The number of likely N-dealkylation sites (tertiary alicyclic amines) is 1. The molecule has 2 aliphatic rings. The first-order chi connectivity index (χ1) is 8.09. The van der Waals surface area contributed by atoms with Crippen LogP contribution in [0.3, 0.4) is 0 Å². The summed E-state index contributed by atoms with van der Waals surface area (Å²) in [6.07, 6.45) is 3.16. The van der Waals surface area contributed by atoms with Crippen molar-refractivity contribution in [3.05, 3.63) is 0 Å². The Kier molecular flexibility index (Phi) is 3.66. The minimum atomic E-state index is -0.766. The van der Waals surface area contributed by atoms with Crippen molar-refractivity contribution >= 4 is 11.9 Å². The first kappa shape index (κ1) is 12.4. The number of aliphatic carboxylic acids is 1. The highest BCUT2D eigenvalue weighted by molar-refractivity contribution is 5.83. The Morgan fingerprint density at radius 1 is 1.35 bits per heavy atom. The maximum atomic E-state index is 12.0. The highest BCUT2D eigenvalue weighted by atomic mass is 16.4. The highest BCUT2D eigenvalue weighted by Crippen LogP contribution is 2.25. The van der Waals surface area contributed by atoms with Crippen molar-refractivity contribution < 1.29 is 14.7 Å². The Morgan fingerprint density at radius 2 is 2.06 bits per heavy atom. The molecule has 5 heteroatoms. The molecule has 0 aromatic heterocycles. The molecule has 0 spiro atoms. The molecule has 0 bridgehead atoms. The van der Waals surface area contributed by atoms with Gasteiger partial charge in [0.05, 0.1) is 12.0 Å². The molecule has 17 heavy (non-hydrogen) atoms. The number of hydrogen-bond acceptors (Lipinski definition) is 3. The van der Waals surface area contributed by atoms with E-state index in [1.807, 2.05) is 0 Å². The van der Waals surface area contributed by atoms with E-state index in [9.17, 15) is 9.59 Å². The molecule has 2 atom stereocenters. The third kappa shape index (κ3) is 2.60. The number of hydrogen-bond donors (Lipinski definition) is 2. The molecular formula is C12H20N2O3. The molecule has 0 aromatic rings. The van der Waals surface area contributed by atoms with E-state index < -0.39 is 5.97 Å². The van der Waals surface area contributed by atoms with Gasteiger partial charge in [0.25, 0.3) is 0 Å². The quantitative estimate of drug-likeness (QED) is 0.745. The summed E-state index contributed by atoms with van der Waals surface area (Å²) in [4.78, 5) is 24.6. The maximum Gasteiger partial charge on any atom is 0.306 e. The zero-order valence-electron chi connectivity index (χ0n) is 10.2. The van der Waals surface area contributed by atoms with Gasteiger partial charge in [-0.25, -0.2) is 0 Å². The predicted molar refractivity (Wildman–Crippen MR) is 62.5 cm³/mol. The smallest absolute Gasteiger partial charge is 0.306 e. The normalized spacial score (nSPS) is 27.4. The van der Waals surface area contributed by atoms with Crippen molar-refractivity contribution in [2.45, 2.75) is 32.2 Å². The van der Waals surface area contributed by atoms with Gasteiger partial charge in [0, 0.05) is 19.0 Å². The Balaban J connectivity index is 1.78. The molecule has 0 saturated carbocycles. The lowest BCUT2D eigenvalue weighted by Gasteiger charge is -2.43. The third-order valence-electron chi connectivity index (χ3n) is 3.93. The van der Waals surface area contributed by atoms with Crippen LogP contribution in [0.5, 0.6) is 0 Å². The number of nitrogens with one attached hydrogen (secondary N) is 1. The molecule has 2 aliphatic heterocycles. The molecule has 0 aromatic carbocycles. The minimum absolute atomic E-state index is 0.0372. The van der Waals surface area contributed by atoms with Crippen LogP contribution in [0.25, 0.3) is 0 Å². The van der Waals surface area contributed by atoms with Gasteiger partial charge >= 0.3 is 5.97 Å². The Labute approximate surface area is 101 Å². The molecule has 0 aliphatic carbocycles. The van der Waals surface area contributed by atoms with Gasteiger partial charge in [-0.15, -0.1) is 0 Å². The fraction of sp³-hybridized carbons (Fsp3) is 0.833. The van der Waals surface area contributed by atoms with Crippen LogP contribution < -0.4 is 5.32 Å². The third-order valence-corrected chi connectivity index (χ3v) is 3.93. The summed E-state index contributed by atoms with van der Waals surface area (Å²) >= 11 is 0. The molecule has 1 unspecified atom stereocenters. The van der Waals surface area contributed by atoms with Crippen LogP contribution in [-0.2, 0) is 9.59 Å². The Bertz CT molecular complexity index is 307. The zero-order valence-corrected chi connectivity index (χ0v) is 10.2. The van der Waals surface area contributed by atoms with Gasteiger partial charge in [-0.3, -0.25) is 9.59 Å². The number of piperidine rings is 1. The molecule has 96 valence electrons. The summed E-state index contributed by atoms with van der Waals surface area (Å²) in [5, 5.41) is 12.1. The zero-order chi connectivity index (χ0) is 12.4. The lowest BCUT2D eigenvalue weighted by atomic mass is 9.86. The number of amides is 1. The molecule has 2 saturated heterocycles. The van der Waals surface area contributed by atoms with Crippen molar-refractivity contribution in [1.82, 2.24) is 10.2 Å². The maximum absolute atomic E-state index is 12.0. The van der Waals surface area contributed by atoms with Crippen LogP contribution in [0.1, 0.15) is 26.2 Å². The van der Waals surface area contributed by atoms with Gasteiger partial charge < -0.3 is 15.3 Å². The van der Waals surface area contributed by atoms with Crippen LogP contribution in [0.2, 0.25) is 0 Å². The first-order valence-electron chi connectivity index (χ1n) is 6.34. The number of carboxylic acid groups (broad SMARTS) is 1. The van der Waals surface area contributed by atoms with E-state index in [1.54, 1.807) is 11.8 Å². The van der Waals surface area contributed by atoms with Crippen molar-refractivity contribution in [2.24, 2.45) is 11.8 Å². The molecule has 1 amide bonds. The van der Waals surface area contributed by atoms with Gasteiger partial charge in [0.15, 0.2) is 0 Å². The molecule has 0 radical (unpaired) electrons. The summed E-state index contributed by atoms with van der Waals surface area (Å²) < 4.78 is 0. The highest BCUT2D eigenvalue weighted by Gasteiger charge is 2.39.